The predicted octanol–water partition coefficient (Wildman–Crippen LogP) is 3.03. The Morgan fingerprint density at radius 3 is 2.62 bits per heavy atom. The number of hydrogen-bond acceptors (Lipinski definition) is 5. The van der Waals surface area contributed by atoms with Gasteiger partial charge in [0.2, 0.25) is 0 Å². The highest BCUT2D eigenvalue weighted by Gasteiger charge is 2.08. The Balaban J connectivity index is 1.40. The molecule has 0 unspecified atom stereocenters. The van der Waals surface area contributed by atoms with Crippen molar-refractivity contribution in [1.29, 1.82) is 0 Å². The number of aryl methyl sites for hydroxylation is 1. The summed E-state index contributed by atoms with van der Waals surface area (Å²) in [5.41, 5.74) is 8.17. The summed E-state index contributed by atoms with van der Waals surface area (Å²) >= 11 is 0. The highest BCUT2D eigenvalue weighted by Crippen LogP contribution is 2.18. The van der Waals surface area contributed by atoms with E-state index in [1.165, 1.54) is 0 Å². The van der Waals surface area contributed by atoms with Crippen LogP contribution in [-0.4, -0.2) is 28.1 Å². The molecule has 0 aliphatic rings. The normalized spacial score (nSPS) is 10.3. The van der Waals surface area contributed by atoms with Gasteiger partial charge in [-0.1, -0.05) is 24.3 Å². The maximum atomic E-state index is 12.3. The number of nitrogen functional groups attached to an aromatic ring is 1. The van der Waals surface area contributed by atoms with Crippen LogP contribution >= 0.6 is 0 Å². The SMILES string of the molecule is Nc1ccccc1NC(=O)c1ccc(COC(=O)NCCCn2ccnc2)cc1. The van der Waals surface area contributed by atoms with Gasteiger partial charge in [-0.3, -0.25) is 4.79 Å². The molecule has 150 valence electrons. The molecule has 4 N–H and O–H groups in total. The number of imidazole rings is 1. The van der Waals surface area contributed by atoms with Gasteiger partial charge in [-0.2, -0.15) is 0 Å². The third-order valence-electron chi connectivity index (χ3n) is 4.22. The van der Waals surface area contributed by atoms with Crippen molar-refractivity contribution in [3.05, 3.63) is 78.4 Å². The van der Waals surface area contributed by atoms with Gasteiger partial charge in [-0.25, -0.2) is 9.78 Å². The lowest BCUT2D eigenvalue weighted by Crippen LogP contribution is -2.25. The molecule has 0 spiro atoms. The smallest absolute Gasteiger partial charge is 0.407 e. The van der Waals surface area contributed by atoms with E-state index in [2.05, 4.69) is 15.6 Å². The van der Waals surface area contributed by atoms with Gasteiger partial charge in [0.1, 0.15) is 6.61 Å². The Morgan fingerprint density at radius 1 is 1.10 bits per heavy atom. The second-order valence-electron chi connectivity index (χ2n) is 6.40. The molecule has 0 bridgehead atoms. The summed E-state index contributed by atoms with van der Waals surface area (Å²) in [5, 5.41) is 5.48. The number of nitrogens with two attached hydrogens (primary N) is 1. The molecular formula is C21H23N5O3. The molecule has 0 saturated carbocycles. The van der Waals surface area contributed by atoms with Crippen LogP contribution in [0.2, 0.25) is 0 Å². The van der Waals surface area contributed by atoms with E-state index in [4.69, 9.17) is 10.5 Å². The van der Waals surface area contributed by atoms with Crippen LogP contribution in [-0.2, 0) is 17.9 Å². The molecule has 2 amide bonds. The highest BCUT2D eigenvalue weighted by molar-refractivity contribution is 6.05. The second-order valence-corrected chi connectivity index (χ2v) is 6.40. The van der Waals surface area contributed by atoms with Crippen molar-refractivity contribution >= 4 is 23.4 Å². The zero-order valence-corrected chi connectivity index (χ0v) is 15.9. The first-order chi connectivity index (χ1) is 14.1. The number of anilines is 2. The topological polar surface area (TPSA) is 111 Å². The van der Waals surface area contributed by atoms with Crippen LogP contribution in [0.15, 0.2) is 67.3 Å². The summed E-state index contributed by atoms with van der Waals surface area (Å²) in [6.45, 7) is 1.41. The van der Waals surface area contributed by atoms with Gasteiger partial charge in [0.05, 0.1) is 17.7 Å². The minimum Gasteiger partial charge on any atom is -0.445 e. The first kappa shape index (κ1) is 19.9. The van der Waals surface area contributed by atoms with Gasteiger partial charge < -0.3 is 25.7 Å². The van der Waals surface area contributed by atoms with Crippen molar-refractivity contribution in [1.82, 2.24) is 14.9 Å². The van der Waals surface area contributed by atoms with Crippen LogP contribution in [0, 0.1) is 0 Å². The average Bonchev–Trinajstić information content (AvgIpc) is 3.25. The standard InChI is InChI=1S/C21H23N5O3/c22-18-4-1-2-5-19(18)25-20(27)17-8-6-16(7-9-17)14-29-21(28)24-10-3-12-26-13-11-23-15-26/h1-2,4-9,11,13,15H,3,10,12,14,22H2,(H,24,28)(H,25,27). The molecule has 8 heteroatoms. The number of para-hydroxylation sites is 2. The zero-order chi connectivity index (χ0) is 20.5. The van der Waals surface area contributed by atoms with Crippen molar-refractivity contribution in [2.24, 2.45) is 0 Å². The monoisotopic (exact) mass is 393 g/mol. The van der Waals surface area contributed by atoms with Crippen LogP contribution in [0.25, 0.3) is 0 Å². The summed E-state index contributed by atoms with van der Waals surface area (Å²) in [7, 11) is 0. The van der Waals surface area contributed by atoms with Gasteiger partial charge in [-0.05, 0) is 36.2 Å². The van der Waals surface area contributed by atoms with Gasteiger partial charge in [0.25, 0.3) is 5.91 Å². The Hall–Kier alpha value is -3.81. The number of aromatic nitrogens is 2. The Bertz CT molecular complexity index is 939. The van der Waals surface area contributed by atoms with Gasteiger partial charge in [0.15, 0.2) is 0 Å². The molecule has 0 fully saturated rings. The first-order valence-electron chi connectivity index (χ1n) is 9.23. The Labute approximate surface area is 168 Å². The molecular weight excluding hydrogens is 370 g/mol. The molecule has 1 aromatic heterocycles. The lowest BCUT2D eigenvalue weighted by molar-refractivity contribution is 0.102. The van der Waals surface area contributed by atoms with Crippen molar-refractivity contribution in [2.75, 3.05) is 17.6 Å². The summed E-state index contributed by atoms with van der Waals surface area (Å²) in [6.07, 6.45) is 5.63. The van der Waals surface area contributed by atoms with E-state index in [0.717, 1.165) is 18.5 Å². The van der Waals surface area contributed by atoms with E-state index in [-0.39, 0.29) is 12.5 Å². The van der Waals surface area contributed by atoms with Crippen molar-refractivity contribution in [3.63, 3.8) is 0 Å². The van der Waals surface area contributed by atoms with Crippen LogP contribution < -0.4 is 16.4 Å². The molecule has 2 aromatic carbocycles. The molecule has 3 aromatic rings. The molecule has 8 nitrogen and oxygen atoms in total. The van der Waals surface area contributed by atoms with E-state index in [1.54, 1.807) is 61.1 Å². The lowest BCUT2D eigenvalue weighted by Gasteiger charge is -2.09. The number of nitrogens with zero attached hydrogens (tertiary/aromatic N) is 2. The van der Waals surface area contributed by atoms with Crippen molar-refractivity contribution in [3.8, 4) is 0 Å². The lowest BCUT2D eigenvalue weighted by atomic mass is 10.1. The molecule has 0 aliphatic carbocycles. The fourth-order valence-corrected chi connectivity index (χ4v) is 2.63. The molecule has 3 rings (SSSR count). The van der Waals surface area contributed by atoms with E-state index in [9.17, 15) is 9.59 Å². The van der Waals surface area contributed by atoms with E-state index >= 15 is 0 Å². The third kappa shape index (κ3) is 6.10. The number of carbonyl (C=O) groups is 2. The van der Waals surface area contributed by atoms with Gasteiger partial charge in [-0.15, -0.1) is 0 Å². The number of amides is 2. The largest absolute Gasteiger partial charge is 0.445 e. The van der Waals surface area contributed by atoms with Crippen LogP contribution in [0.3, 0.4) is 0 Å². The molecule has 0 atom stereocenters. The van der Waals surface area contributed by atoms with Crippen LogP contribution in [0.1, 0.15) is 22.3 Å². The number of nitrogens with one attached hydrogen (secondary N) is 2. The van der Waals surface area contributed by atoms with E-state index in [0.29, 0.717) is 23.5 Å². The maximum Gasteiger partial charge on any atom is 0.407 e. The number of alkyl carbamates (subject to hydrolysis) is 1. The Morgan fingerprint density at radius 2 is 1.90 bits per heavy atom. The minimum atomic E-state index is -0.475. The molecule has 0 aliphatic heterocycles. The van der Waals surface area contributed by atoms with Crippen LogP contribution in [0.5, 0.6) is 0 Å². The molecule has 0 saturated heterocycles. The van der Waals surface area contributed by atoms with Crippen molar-refractivity contribution < 1.29 is 14.3 Å². The van der Waals surface area contributed by atoms with E-state index in [1.807, 2.05) is 10.8 Å². The molecule has 29 heavy (non-hydrogen) atoms. The van der Waals surface area contributed by atoms with Gasteiger partial charge in [0, 0.05) is 31.0 Å². The summed E-state index contributed by atoms with van der Waals surface area (Å²) in [5.74, 6) is -0.258. The first-order valence-corrected chi connectivity index (χ1v) is 9.23. The van der Waals surface area contributed by atoms with Gasteiger partial charge >= 0.3 is 6.09 Å². The second kappa shape index (κ2) is 9.93. The van der Waals surface area contributed by atoms with E-state index < -0.39 is 6.09 Å². The zero-order valence-electron chi connectivity index (χ0n) is 15.9. The summed E-state index contributed by atoms with van der Waals surface area (Å²) in [4.78, 5) is 28.0. The third-order valence-corrected chi connectivity index (χ3v) is 4.22. The molecule has 1 heterocycles. The molecule has 0 radical (unpaired) electrons. The average molecular weight is 393 g/mol. The highest BCUT2D eigenvalue weighted by atomic mass is 16.5. The number of hydrogen-bond donors (Lipinski definition) is 3. The fourth-order valence-electron chi connectivity index (χ4n) is 2.63. The number of rotatable bonds is 8. The Kier molecular flexibility index (Phi) is 6.83. The number of carbonyl (C=O) groups excluding carboxylic acids is 2. The summed E-state index contributed by atoms with van der Waals surface area (Å²) < 4.78 is 7.13. The van der Waals surface area contributed by atoms with Crippen LogP contribution in [0.4, 0.5) is 16.2 Å². The number of benzene rings is 2. The number of ether oxygens (including phenoxy) is 1. The minimum absolute atomic E-state index is 0.126. The summed E-state index contributed by atoms with van der Waals surface area (Å²) in [6, 6.07) is 13.9. The quantitative estimate of drug-likeness (QED) is 0.402. The van der Waals surface area contributed by atoms with Crippen molar-refractivity contribution in [2.45, 2.75) is 19.6 Å². The maximum absolute atomic E-state index is 12.3. The predicted molar refractivity (Wildman–Crippen MR) is 110 cm³/mol. The fraction of sp³-hybridized carbons (Fsp3) is 0.190.